The minimum atomic E-state index is 0.348. The molecule has 4 heteroatoms. The fraction of sp³-hybridized carbons (Fsp3) is 0.750. The minimum Gasteiger partial charge on any atom is -0.373 e. The second-order valence-electron chi connectivity index (χ2n) is 5.57. The summed E-state index contributed by atoms with van der Waals surface area (Å²) in [5, 5.41) is 3.15. The van der Waals surface area contributed by atoms with Gasteiger partial charge in [0.15, 0.2) is 0 Å². The Morgan fingerprint density at radius 3 is 2.15 bits per heavy atom. The van der Waals surface area contributed by atoms with Crippen molar-refractivity contribution in [2.24, 2.45) is 0 Å². The molecule has 0 aromatic carbocycles. The van der Waals surface area contributed by atoms with E-state index in [1.165, 1.54) is 25.7 Å². The van der Waals surface area contributed by atoms with Gasteiger partial charge in [-0.25, -0.2) is 9.97 Å². The fourth-order valence-corrected chi connectivity index (χ4v) is 2.04. The molecule has 0 atom stereocenters. The van der Waals surface area contributed by atoms with Gasteiger partial charge in [-0.3, -0.25) is 0 Å². The number of hydrogen-bond donors (Lipinski definition) is 1. The number of hydrogen-bond acceptors (Lipinski definition) is 4. The summed E-state index contributed by atoms with van der Waals surface area (Å²) in [5.74, 6) is 3.25. The molecule has 1 aromatic rings. The van der Waals surface area contributed by atoms with Crippen molar-refractivity contribution in [3.63, 3.8) is 0 Å². The number of anilines is 2. The van der Waals surface area contributed by atoms with Gasteiger partial charge < -0.3 is 10.2 Å². The van der Waals surface area contributed by atoms with Gasteiger partial charge in [-0.05, 0) is 12.8 Å². The van der Waals surface area contributed by atoms with Crippen LogP contribution in [0.5, 0.6) is 0 Å². The van der Waals surface area contributed by atoms with E-state index in [2.05, 4.69) is 49.0 Å². The third-order valence-corrected chi connectivity index (χ3v) is 3.39. The van der Waals surface area contributed by atoms with Crippen molar-refractivity contribution in [2.75, 3.05) is 30.4 Å². The third-order valence-electron chi connectivity index (χ3n) is 3.39. The Balaban J connectivity index is 2.99. The predicted molar refractivity (Wildman–Crippen MR) is 87.7 cm³/mol. The van der Waals surface area contributed by atoms with Gasteiger partial charge in [0.2, 0.25) is 0 Å². The van der Waals surface area contributed by atoms with Crippen LogP contribution < -0.4 is 10.2 Å². The predicted octanol–water partition coefficient (Wildman–Crippen LogP) is 4.05. The SMILES string of the molecule is CCCCN(CCCC)c1cc(NC)nc(C(C)C)n1. The fourth-order valence-electron chi connectivity index (χ4n) is 2.04. The van der Waals surface area contributed by atoms with Crippen molar-refractivity contribution in [1.29, 1.82) is 0 Å². The molecule has 0 saturated heterocycles. The van der Waals surface area contributed by atoms with E-state index in [-0.39, 0.29) is 0 Å². The standard InChI is InChI=1S/C16H30N4/c1-6-8-10-20(11-9-7-2)15-12-14(17-5)18-16(19-15)13(3)4/h12-13H,6-11H2,1-5H3,(H,17,18,19). The Morgan fingerprint density at radius 2 is 1.70 bits per heavy atom. The van der Waals surface area contributed by atoms with Crippen molar-refractivity contribution < 1.29 is 0 Å². The monoisotopic (exact) mass is 278 g/mol. The van der Waals surface area contributed by atoms with Gasteiger partial charge in [-0.15, -0.1) is 0 Å². The molecule has 0 aliphatic heterocycles. The molecule has 1 heterocycles. The number of unbranched alkanes of at least 4 members (excludes halogenated alkanes) is 2. The minimum absolute atomic E-state index is 0.348. The molecule has 0 aliphatic carbocycles. The van der Waals surface area contributed by atoms with Gasteiger partial charge in [0.25, 0.3) is 0 Å². The van der Waals surface area contributed by atoms with Crippen molar-refractivity contribution in [3.8, 4) is 0 Å². The van der Waals surface area contributed by atoms with Crippen molar-refractivity contribution in [1.82, 2.24) is 9.97 Å². The molecule has 0 fully saturated rings. The lowest BCUT2D eigenvalue weighted by Gasteiger charge is -2.24. The van der Waals surface area contributed by atoms with Crippen LogP contribution in [0.25, 0.3) is 0 Å². The normalized spacial score (nSPS) is 10.9. The van der Waals surface area contributed by atoms with Crippen molar-refractivity contribution in [2.45, 2.75) is 59.3 Å². The van der Waals surface area contributed by atoms with E-state index in [4.69, 9.17) is 4.98 Å². The quantitative estimate of drug-likeness (QED) is 0.740. The largest absolute Gasteiger partial charge is 0.373 e. The highest BCUT2D eigenvalue weighted by molar-refractivity contribution is 5.49. The summed E-state index contributed by atoms with van der Waals surface area (Å²) in [4.78, 5) is 11.7. The number of nitrogens with zero attached hydrogens (tertiary/aromatic N) is 3. The van der Waals surface area contributed by atoms with Gasteiger partial charge in [-0.1, -0.05) is 40.5 Å². The van der Waals surface area contributed by atoms with E-state index < -0.39 is 0 Å². The molecule has 114 valence electrons. The average Bonchev–Trinajstić information content (AvgIpc) is 2.46. The molecule has 0 unspecified atom stereocenters. The van der Waals surface area contributed by atoms with Crippen molar-refractivity contribution in [3.05, 3.63) is 11.9 Å². The average molecular weight is 278 g/mol. The molecule has 20 heavy (non-hydrogen) atoms. The smallest absolute Gasteiger partial charge is 0.135 e. The van der Waals surface area contributed by atoms with Crippen LogP contribution in [0.1, 0.15) is 65.1 Å². The van der Waals surface area contributed by atoms with Gasteiger partial charge in [0.05, 0.1) is 0 Å². The highest BCUT2D eigenvalue weighted by Crippen LogP contribution is 2.20. The van der Waals surface area contributed by atoms with Crippen LogP contribution in [-0.2, 0) is 0 Å². The molecular formula is C16H30N4. The Kier molecular flexibility index (Phi) is 7.34. The summed E-state index contributed by atoms with van der Waals surface area (Å²) in [6, 6.07) is 2.07. The van der Waals surface area contributed by atoms with Crippen LogP contribution in [0.2, 0.25) is 0 Å². The van der Waals surface area contributed by atoms with E-state index in [1.807, 2.05) is 7.05 Å². The van der Waals surface area contributed by atoms with Crippen LogP contribution in [0, 0.1) is 0 Å². The summed E-state index contributed by atoms with van der Waals surface area (Å²) < 4.78 is 0. The second kappa shape index (κ2) is 8.77. The summed E-state index contributed by atoms with van der Waals surface area (Å²) in [6.45, 7) is 10.9. The van der Waals surface area contributed by atoms with E-state index in [0.717, 1.165) is 30.5 Å². The zero-order chi connectivity index (χ0) is 15.0. The van der Waals surface area contributed by atoms with Gasteiger partial charge in [0.1, 0.15) is 17.5 Å². The maximum absolute atomic E-state index is 4.76. The first-order chi connectivity index (χ1) is 9.62. The number of aromatic nitrogens is 2. The molecule has 1 aromatic heterocycles. The lowest BCUT2D eigenvalue weighted by molar-refractivity contribution is 0.664. The molecule has 0 aliphatic rings. The van der Waals surface area contributed by atoms with Crippen LogP contribution in [0.15, 0.2) is 6.07 Å². The Bertz CT molecular complexity index is 382. The van der Waals surface area contributed by atoms with E-state index >= 15 is 0 Å². The maximum Gasteiger partial charge on any atom is 0.135 e. The molecule has 0 saturated carbocycles. The lowest BCUT2D eigenvalue weighted by Crippen LogP contribution is -2.27. The molecule has 1 rings (SSSR count). The first kappa shape index (κ1) is 16.7. The molecule has 0 spiro atoms. The first-order valence-electron chi connectivity index (χ1n) is 7.94. The molecule has 0 radical (unpaired) electrons. The summed E-state index contributed by atoms with van der Waals surface area (Å²) >= 11 is 0. The van der Waals surface area contributed by atoms with E-state index in [0.29, 0.717) is 5.92 Å². The van der Waals surface area contributed by atoms with Crippen LogP contribution in [-0.4, -0.2) is 30.1 Å². The highest BCUT2D eigenvalue weighted by Gasteiger charge is 2.12. The molecule has 0 bridgehead atoms. The van der Waals surface area contributed by atoms with Crippen LogP contribution in [0.4, 0.5) is 11.6 Å². The summed E-state index contributed by atoms with van der Waals surface area (Å²) in [5.41, 5.74) is 0. The maximum atomic E-state index is 4.76. The van der Waals surface area contributed by atoms with E-state index in [1.54, 1.807) is 0 Å². The summed E-state index contributed by atoms with van der Waals surface area (Å²) in [6.07, 6.45) is 4.84. The molecule has 1 N–H and O–H groups in total. The Hall–Kier alpha value is -1.32. The molecule has 0 amide bonds. The first-order valence-corrected chi connectivity index (χ1v) is 7.94. The molecular weight excluding hydrogens is 248 g/mol. The van der Waals surface area contributed by atoms with Crippen molar-refractivity contribution >= 4 is 11.6 Å². The summed E-state index contributed by atoms with van der Waals surface area (Å²) in [7, 11) is 1.92. The molecule has 4 nitrogen and oxygen atoms in total. The highest BCUT2D eigenvalue weighted by atomic mass is 15.2. The van der Waals surface area contributed by atoms with Gasteiger partial charge in [0, 0.05) is 32.1 Å². The van der Waals surface area contributed by atoms with Crippen LogP contribution >= 0.6 is 0 Å². The van der Waals surface area contributed by atoms with E-state index in [9.17, 15) is 0 Å². The zero-order valence-electron chi connectivity index (χ0n) is 13.7. The van der Waals surface area contributed by atoms with Gasteiger partial charge in [-0.2, -0.15) is 0 Å². The topological polar surface area (TPSA) is 41.0 Å². The lowest BCUT2D eigenvalue weighted by atomic mass is 10.2. The van der Waals surface area contributed by atoms with Crippen LogP contribution in [0.3, 0.4) is 0 Å². The van der Waals surface area contributed by atoms with Gasteiger partial charge >= 0.3 is 0 Å². The Morgan fingerprint density at radius 1 is 1.10 bits per heavy atom. The second-order valence-corrected chi connectivity index (χ2v) is 5.57. The third kappa shape index (κ3) is 4.99. The number of nitrogens with one attached hydrogen (secondary N) is 1. The number of rotatable bonds is 9. The zero-order valence-corrected chi connectivity index (χ0v) is 13.7. The Labute approximate surface area is 124 Å².